The number of aliphatic imine (C=N–C) groups is 1. The van der Waals surface area contributed by atoms with E-state index in [-0.39, 0.29) is 35.6 Å². The first kappa shape index (κ1) is 26.8. The molecule has 1 unspecified atom stereocenters. The van der Waals surface area contributed by atoms with Gasteiger partial charge in [-0.25, -0.2) is 4.79 Å². The Morgan fingerprint density at radius 1 is 1.20 bits per heavy atom. The highest BCUT2D eigenvalue weighted by Crippen LogP contribution is 2.65. The molecule has 2 aliphatic carbocycles. The molecule has 35 heavy (non-hydrogen) atoms. The first-order chi connectivity index (χ1) is 16.7. The molecule has 0 aromatic rings. The molecular weight excluding hydrogens is 448 g/mol. The minimum absolute atomic E-state index is 0.0330. The van der Waals surface area contributed by atoms with Crippen molar-refractivity contribution in [2.45, 2.75) is 83.8 Å². The fraction of sp³-hybridized carbons (Fsp3) is 0.731. The zero-order valence-electron chi connectivity index (χ0n) is 21.0. The summed E-state index contributed by atoms with van der Waals surface area (Å²) < 4.78 is 0. The number of fused-ring (bicyclic) bond motifs is 1. The number of likely N-dealkylation sites (tertiary alicyclic amines) is 1. The number of carbonyl (C=O) groups excluding carboxylic acids is 5. The smallest absolute Gasteiger partial charge is 0.289 e. The van der Waals surface area contributed by atoms with Crippen molar-refractivity contribution in [3.8, 4) is 0 Å². The molecule has 0 aromatic heterocycles. The zero-order chi connectivity index (χ0) is 25.8. The fourth-order valence-corrected chi connectivity index (χ4v) is 6.08. The van der Waals surface area contributed by atoms with E-state index in [4.69, 9.17) is 0 Å². The van der Waals surface area contributed by atoms with Crippen molar-refractivity contribution in [3.05, 3.63) is 12.7 Å². The Hall–Kier alpha value is -2.80. The first-order valence-electron chi connectivity index (χ1n) is 12.8. The van der Waals surface area contributed by atoms with Crippen LogP contribution in [0.4, 0.5) is 0 Å². The van der Waals surface area contributed by atoms with Crippen LogP contribution in [0.1, 0.15) is 65.7 Å². The summed E-state index contributed by atoms with van der Waals surface area (Å²) in [6.45, 7) is 10.1. The highest BCUT2D eigenvalue weighted by Gasteiger charge is 2.69. The number of hydrogen-bond donors (Lipinski definition) is 2. The number of rotatable bonds is 11. The van der Waals surface area contributed by atoms with Gasteiger partial charge in [0, 0.05) is 13.1 Å². The second-order valence-electron chi connectivity index (χ2n) is 10.7. The Morgan fingerprint density at radius 2 is 1.89 bits per heavy atom. The summed E-state index contributed by atoms with van der Waals surface area (Å²) >= 11 is 0. The lowest BCUT2D eigenvalue weighted by atomic mass is 9.83. The third kappa shape index (κ3) is 5.56. The van der Waals surface area contributed by atoms with Gasteiger partial charge in [-0.15, -0.1) is 6.58 Å². The van der Waals surface area contributed by atoms with Crippen LogP contribution >= 0.6 is 0 Å². The van der Waals surface area contributed by atoms with E-state index < -0.39 is 35.7 Å². The maximum Gasteiger partial charge on any atom is 0.289 e. The summed E-state index contributed by atoms with van der Waals surface area (Å²) in [7, 11) is 0. The lowest BCUT2D eigenvalue weighted by Gasteiger charge is -2.35. The van der Waals surface area contributed by atoms with Gasteiger partial charge in [-0.3, -0.25) is 19.2 Å². The number of nitrogens with zero attached hydrogens (tertiary/aromatic N) is 2. The van der Waals surface area contributed by atoms with E-state index in [0.717, 1.165) is 32.1 Å². The molecule has 0 radical (unpaired) electrons. The van der Waals surface area contributed by atoms with Gasteiger partial charge >= 0.3 is 0 Å². The minimum atomic E-state index is -0.975. The molecule has 0 spiro atoms. The third-order valence-corrected chi connectivity index (χ3v) is 8.14. The van der Waals surface area contributed by atoms with Gasteiger partial charge in [0.25, 0.3) is 5.91 Å². The van der Waals surface area contributed by atoms with Gasteiger partial charge in [-0.2, -0.15) is 4.99 Å². The lowest BCUT2D eigenvalue weighted by molar-refractivity contribution is -0.144. The number of isocyanates is 1. The van der Waals surface area contributed by atoms with Crippen LogP contribution in [0.25, 0.3) is 0 Å². The zero-order valence-corrected chi connectivity index (χ0v) is 21.0. The second-order valence-corrected chi connectivity index (χ2v) is 10.7. The molecule has 1 heterocycles. The van der Waals surface area contributed by atoms with Crippen LogP contribution in [0.2, 0.25) is 0 Å². The number of ketones is 1. The van der Waals surface area contributed by atoms with Crippen LogP contribution < -0.4 is 10.6 Å². The summed E-state index contributed by atoms with van der Waals surface area (Å²) in [4.78, 5) is 68.8. The Balaban J connectivity index is 1.80. The first-order valence-corrected chi connectivity index (χ1v) is 12.8. The summed E-state index contributed by atoms with van der Waals surface area (Å²) in [5, 5.41) is 5.24. The summed E-state index contributed by atoms with van der Waals surface area (Å²) in [5.41, 5.74) is -0.112. The molecule has 3 aliphatic rings. The van der Waals surface area contributed by atoms with Gasteiger partial charge in [0.1, 0.15) is 12.1 Å². The predicted octanol–water partition coefficient (Wildman–Crippen LogP) is 1.91. The van der Waals surface area contributed by atoms with Crippen LogP contribution in [0.3, 0.4) is 0 Å². The number of nitrogens with one attached hydrogen (secondary N) is 2. The fourth-order valence-electron chi connectivity index (χ4n) is 6.08. The monoisotopic (exact) mass is 486 g/mol. The summed E-state index contributed by atoms with van der Waals surface area (Å²) in [6.07, 6.45) is 8.66. The molecule has 2 N–H and O–H groups in total. The van der Waals surface area contributed by atoms with E-state index in [1.807, 2.05) is 6.92 Å². The van der Waals surface area contributed by atoms with E-state index in [1.165, 1.54) is 6.08 Å². The Labute approximate surface area is 207 Å². The molecule has 0 bridgehead atoms. The molecule has 1 aliphatic heterocycles. The van der Waals surface area contributed by atoms with E-state index in [1.54, 1.807) is 11.0 Å². The highest BCUT2D eigenvalue weighted by molar-refractivity contribution is 6.38. The number of Topliss-reactive ketones (excluding diaryl/α,β-unsaturated/α-hetero) is 1. The van der Waals surface area contributed by atoms with E-state index >= 15 is 0 Å². The van der Waals surface area contributed by atoms with Crippen LogP contribution in [-0.4, -0.2) is 65.7 Å². The molecule has 192 valence electrons. The van der Waals surface area contributed by atoms with Crippen LogP contribution in [0.15, 0.2) is 17.6 Å². The Morgan fingerprint density at radius 3 is 2.49 bits per heavy atom. The molecule has 9 nitrogen and oxygen atoms in total. The molecule has 3 fully saturated rings. The molecule has 5 atom stereocenters. The van der Waals surface area contributed by atoms with Crippen molar-refractivity contribution in [2.75, 3.05) is 13.1 Å². The maximum atomic E-state index is 13.6. The van der Waals surface area contributed by atoms with Gasteiger partial charge in [0.15, 0.2) is 0 Å². The molecule has 2 saturated carbocycles. The molecule has 3 amide bonds. The number of amides is 3. The minimum Gasteiger partial charge on any atom is -0.346 e. The largest absolute Gasteiger partial charge is 0.346 e. The van der Waals surface area contributed by atoms with E-state index in [0.29, 0.717) is 19.4 Å². The number of piperidine rings is 1. The number of carbonyl (C=O) groups is 4. The van der Waals surface area contributed by atoms with E-state index in [2.05, 4.69) is 36.1 Å². The van der Waals surface area contributed by atoms with Crippen LogP contribution in [0, 0.1) is 23.2 Å². The topological polar surface area (TPSA) is 125 Å². The quantitative estimate of drug-likeness (QED) is 0.200. The maximum absolute atomic E-state index is 13.6. The van der Waals surface area contributed by atoms with Crippen molar-refractivity contribution in [1.29, 1.82) is 0 Å². The van der Waals surface area contributed by atoms with Gasteiger partial charge in [-0.05, 0) is 42.4 Å². The van der Waals surface area contributed by atoms with Gasteiger partial charge in [-0.1, -0.05) is 52.5 Å². The molecule has 3 rings (SSSR count). The number of hydrogen-bond acceptors (Lipinski definition) is 6. The normalized spacial score (nSPS) is 26.5. The second kappa shape index (κ2) is 11.3. The summed E-state index contributed by atoms with van der Waals surface area (Å²) in [6, 6.07) is -2.57. The standard InChI is InChI=1S/C26H38N4O5/c1-5-10-18(22(32)24(34)27-13-6-2)29-23(33)21-19-17(26(19,3)4)14-30(21)25(35)20(28-15-31)16-11-8-7-9-12-16/h6,16-21H,2,5,7-14H2,1,3-4H3,(H,27,34)(H,29,33)/t17-,18?,19-,20+,21-/m0/s1. The highest BCUT2D eigenvalue weighted by atomic mass is 16.2. The van der Waals surface area contributed by atoms with E-state index in [9.17, 15) is 24.0 Å². The SMILES string of the molecule is C=CCNC(=O)C(=O)C(CCC)NC(=O)[C@@H]1[C@@H]2[C@H](CN1C(=O)[C@H](N=C=O)C1CCCCC1)C2(C)C. The Kier molecular flexibility index (Phi) is 8.65. The van der Waals surface area contributed by atoms with Crippen molar-refractivity contribution >= 4 is 29.6 Å². The lowest BCUT2D eigenvalue weighted by Crippen LogP contribution is -2.57. The van der Waals surface area contributed by atoms with Crippen molar-refractivity contribution in [2.24, 2.45) is 28.2 Å². The summed E-state index contributed by atoms with van der Waals surface area (Å²) in [5.74, 6) is -2.16. The van der Waals surface area contributed by atoms with Crippen LogP contribution in [0.5, 0.6) is 0 Å². The van der Waals surface area contributed by atoms with Crippen molar-refractivity contribution in [3.63, 3.8) is 0 Å². The van der Waals surface area contributed by atoms with Crippen molar-refractivity contribution in [1.82, 2.24) is 15.5 Å². The predicted molar refractivity (Wildman–Crippen MR) is 130 cm³/mol. The third-order valence-electron chi connectivity index (χ3n) is 8.14. The average Bonchev–Trinajstić information content (AvgIpc) is 3.18. The van der Waals surface area contributed by atoms with Crippen molar-refractivity contribution < 1.29 is 24.0 Å². The van der Waals surface area contributed by atoms with Gasteiger partial charge in [0.05, 0.1) is 6.04 Å². The van der Waals surface area contributed by atoms with Gasteiger partial charge in [0.2, 0.25) is 23.7 Å². The molecule has 9 heteroatoms. The average molecular weight is 487 g/mol. The molecule has 1 saturated heterocycles. The van der Waals surface area contributed by atoms with Gasteiger partial charge < -0.3 is 15.5 Å². The van der Waals surface area contributed by atoms with Crippen LogP contribution in [-0.2, 0) is 24.0 Å². The Bertz CT molecular complexity index is 903. The molecule has 0 aromatic carbocycles. The molecular formula is C26H38N4O5.